The Morgan fingerprint density at radius 3 is 2.29 bits per heavy atom. The zero-order chi connectivity index (χ0) is 5.70. The summed E-state index contributed by atoms with van der Waals surface area (Å²) in [7, 11) is 1.69. The van der Waals surface area contributed by atoms with Crippen LogP contribution in [0.25, 0.3) is 0 Å². The van der Waals surface area contributed by atoms with Crippen molar-refractivity contribution in [3.05, 3.63) is 0 Å². The van der Waals surface area contributed by atoms with Gasteiger partial charge in [0.15, 0.2) is 5.17 Å². The summed E-state index contributed by atoms with van der Waals surface area (Å²) in [4.78, 5) is 7.36. The molecule has 0 unspecified atom stereocenters. The van der Waals surface area contributed by atoms with Gasteiger partial charge in [0.25, 0.3) is 0 Å². The number of aliphatic imine (C=N–C) groups is 2. The third kappa shape index (κ3) is 2.39. The molecule has 40 valence electrons. The minimum absolute atomic E-state index is 0.736. The van der Waals surface area contributed by atoms with Crippen molar-refractivity contribution in [3.8, 4) is 0 Å². The Balaban J connectivity index is 3.60. The minimum atomic E-state index is 0.736. The molecular formula is C4H8N2S. The lowest BCUT2D eigenvalue weighted by atomic mass is 11.2. The average Bonchev–Trinajstić information content (AvgIpc) is 1.72. The van der Waals surface area contributed by atoms with Crippen LogP contribution in [-0.4, -0.2) is 25.2 Å². The molecule has 0 heterocycles. The number of amidine groups is 1. The van der Waals surface area contributed by atoms with Gasteiger partial charge in [-0.05, 0) is 13.0 Å². The van der Waals surface area contributed by atoms with Crippen LogP contribution in [0.3, 0.4) is 0 Å². The predicted molar refractivity (Wildman–Crippen MR) is 36.4 cm³/mol. The van der Waals surface area contributed by atoms with Gasteiger partial charge in [0, 0.05) is 7.05 Å². The maximum Gasteiger partial charge on any atom is 0.181 e. The first kappa shape index (κ1) is 6.69. The highest BCUT2D eigenvalue weighted by Gasteiger charge is 1.82. The molecule has 0 fully saturated rings. The maximum atomic E-state index is 3.78. The Kier molecular flexibility index (Phi) is 3.69. The van der Waals surface area contributed by atoms with E-state index in [1.807, 2.05) is 6.26 Å². The fourth-order valence-electron chi connectivity index (χ4n) is 0.227. The van der Waals surface area contributed by atoms with Crippen LogP contribution in [0.4, 0.5) is 0 Å². The first-order chi connectivity index (χ1) is 3.35. The van der Waals surface area contributed by atoms with Crippen molar-refractivity contribution in [1.29, 1.82) is 0 Å². The van der Waals surface area contributed by atoms with Crippen molar-refractivity contribution < 1.29 is 0 Å². The van der Waals surface area contributed by atoms with Crippen LogP contribution >= 0.6 is 11.8 Å². The Hall–Kier alpha value is -0.310. The molecule has 0 aliphatic heterocycles. The van der Waals surface area contributed by atoms with E-state index in [4.69, 9.17) is 0 Å². The van der Waals surface area contributed by atoms with Gasteiger partial charge in [-0.1, -0.05) is 11.8 Å². The van der Waals surface area contributed by atoms with Crippen LogP contribution in [-0.2, 0) is 0 Å². The van der Waals surface area contributed by atoms with E-state index in [2.05, 4.69) is 16.7 Å². The zero-order valence-electron chi connectivity index (χ0n) is 4.51. The molecule has 0 aromatic rings. The van der Waals surface area contributed by atoms with Gasteiger partial charge in [0.05, 0.1) is 0 Å². The highest BCUT2D eigenvalue weighted by atomic mass is 32.2. The van der Waals surface area contributed by atoms with Crippen LogP contribution in [0.2, 0.25) is 0 Å². The molecule has 0 atom stereocenters. The molecule has 2 nitrogen and oxygen atoms in total. The number of nitrogens with zero attached hydrogens (tertiary/aromatic N) is 2. The van der Waals surface area contributed by atoms with Crippen molar-refractivity contribution in [2.45, 2.75) is 0 Å². The van der Waals surface area contributed by atoms with Crippen molar-refractivity contribution in [3.63, 3.8) is 0 Å². The lowest BCUT2D eigenvalue weighted by Crippen LogP contribution is -1.80. The first-order valence-electron chi connectivity index (χ1n) is 1.82. The normalized spacial score (nSPS) is 11.4. The average molecular weight is 116 g/mol. The molecule has 0 bridgehead atoms. The van der Waals surface area contributed by atoms with Gasteiger partial charge in [-0.15, -0.1) is 0 Å². The Labute approximate surface area is 47.7 Å². The maximum absolute atomic E-state index is 3.78. The van der Waals surface area contributed by atoms with Crippen molar-refractivity contribution in [2.75, 3.05) is 13.3 Å². The molecule has 0 N–H and O–H groups in total. The molecule has 0 aliphatic rings. The molecule has 0 aliphatic carbocycles. The molecule has 0 amide bonds. The van der Waals surface area contributed by atoms with E-state index in [0.717, 1.165) is 5.17 Å². The fourth-order valence-corrected chi connectivity index (χ4v) is 0.538. The molecule has 0 rings (SSSR count). The van der Waals surface area contributed by atoms with E-state index in [-0.39, 0.29) is 0 Å². The van der Waals surface area contributed by atoms with Gasteiger partial charge in [-0.25, -0.2) is 4.99 Å². The van der Waals surface area contributed by atoms with E-state index in [1.165, 1.54) is 11.8 Å². The topological polar surface area (TPSA) is 24.7 Å². The number of hydrogen-bond donors (Lipinski definition) is 0. The van der Waals surface area contributed by atoms with Crippen LogP contribution in [0.15, 0.2) is 9.98 Å². The van der Waals surface area contributed by atoms with Crippen LogP contribution < -0.4 is 0 Å². The monoisotopic (exact) mass is 116 g/mol. The SMILES string of the molecule is C=NC(=NC)SC. The molecule has 0 spiro atoms. The van der Waals surface area contributed by atoms with Crippen molar-refractivity contribution in [2.24, 2.45) is 9.98 Å². The van der Waals surface area contributed by atoms with Crippen LogP contribution in [0.1, 0.15) is 0 Å². The number of hydrogen-bond acceptors (Lipinski definition) is 2. The number of rotatable bonds is 0. The second-order valence-corrected chi connectivity index (χ2v) is 1.64. The first-order valence-corrected chi connectivity index (χ1v) is 3.05. The summed E-state index contributed by atoms with van der Waals surface area (Å²) in [5.74, 6) is 0. The highest BCUT2D eigenvalue weighted by molar-refractivity contribution is 8.13. The Morgan fingerprint density at radius 2 is 2.29 bits per heavy atom. The smallest absolute Gasteiger partial charge is 0.181 e. The highest BCUT2D eigenvalue weighted by Crippen LogP contribution is 1.95. The van der Waals surface area contributed by atoms with Crippen LogP contribution in [0, 0.1) is 0 Å². The number of thioether (sulfide) groups is 1. The summed E-state index contributed by atoms with van der Waals surface area (Å²) in [6, 6.07) is 0. The quantitative estimate of drug-likeness (QED) is 0.343. The summed E-state index contributed by atoms with van der Waals surface area (Å²) >= 11 is 1.49. The molecule has 0 aromatic heterocycles. The van der Waals surface area contributed by atoms with E-state index in [9.17, 15) is 0 Å². The molecule has 0 aromatic carbocycles. The second kappa shape index (κ2) is 3.87. The van der Waals surface area contributed by atoms with E-state index in [1.54, 1.807) is 7.05 Å². The Morgan fingerprint density at radius 1 is 1.71 bits per heavy atom. The zero-order valence-corrected chi connectivity index (χ0v) is 5.33. The summed E-state index contributed by atoms with van der Waals surface area (Å²) < 4.78 is 0. The van der Waals surface area contributed by atoms with Gasteiger partial charge in [0.1, 0.15) is 0 Å². The largest absolute Gasteiger partial charge is 0.264 e. The summed E-state index contributed by atoms with van der Waals surface area (Å²) in [5, 5.41) is 0.736. The minimum Gasteiger partial charge on any atom is -0.264 e. The lowest BCUT2D eigenvalue weighted by Gasteiger charge is -1.85. The van der Waals surface area contributed by atoms with Gasteiger partial charge >= 0.3 is 0 Å². The second-order valence-electron chi connectivity index (χ2n) is 0.868. The van der Waals surface area contributed by atoms with E-state index in [0.29, 0.717) is 0 Å². The van der Waals surface area contributed by atoms with E-state index < -0.39 is 0 Å². The predicted octanol–water partition coefficient (Wildman–Crippen LogP) is 1.04. The summed E-state index contributed by atoms with van der Waals surface area (Å²) in [5.41, 5.74) is 0. The van der Waals surface area contributed by atoms with Gasteiger partial charge < -0.3 is 0 Å². The third-order valence-corrected chi connectivity index (χ3v) is 1.19. The molecule has 7 heavy (non-hydrogen) atoms. The van der Waals surface area contributed by atoms with Crippen molar-refractivity contribution in [1.82, 2.24) is 0 Å². The summed E-state index contributed by atoms with van der Waals surface area (Å²) in [6.45, 7) is 3.30. The van der Waals surface area contributed by atoms with E-state index >= 15 is 0 Å². The van der Waals surface area contributed by atoms with Gasteiger partial charge in [-0.2, -0.15) is 0 Å². The molecule has 0 radical (unpaired) electrons. The third-order valence-electron chi connectivity index (χ3n) is 0.509. The van der Waals surface area contributed by atoms with Gasteiger partial charge in [0.2, 0.25) is 0 Å². The lowest BCUT2D eigenvalue weighted by molar-refractivity contribution is 1.44. The molecule has 0 saturated heterocycles. The fraction of sp³-hybridized carbons (Fsp3) is 0.500. The Bertz CT molecular complexity index is 87.7. The van der Waals surface area contributed by atoms with Crippen molar-refractivity contribution >= 4 is 23.6 Å². The molecular weight excluding hydrogens is 108 g/mol. The summed E-state index contributed by atoms with van der Waals surface area (Å²) in [6.07, 6.45) is 1.91. The molecule has 0 saturated carbocycles. The van der Waals surface area contributed by atoms with Gasteiger partial charge in [-0.3, -0.25) is 4.99 Å². The molecule has 3 heteroatoms. The standard InChI is InChI=1S/C4H8N2S/c1-5-4(6-2)7-3/h1H2,2-3H3. The van der Waals surface area contributed by atoms with Crippen LogP contribution in [0.5, 0.6) is 0 Å².